The van der Waals surface area contributed by atoms with Gasteiger partial charge >= 0.3 is 0 Å². The van der Waals surface area contributed by atoms with Crippen LogP contribution in [0.1, 0.15) is 22.8 Å². The zero-order chi connectivity index (χ0) is 15.1. The smallest absolute Gasteiger partial charge is 0.248 e. The largest absolute Gasteiger partial charge is 0.366 e. The summed E-state index contributed by atoms with van der Waals surface area (Å²) in [6.07, 6.45) is 1.65. The Morgan fingerprint density at radius 2 is 2.00 bits per heavy atom. The third kappa shape index (κ3) is 4.51. The normalized spacial score (nSPS) is 11.9. The second kappa shape index (κ2) is 7.45. The molecule has 0 radical (unpaired) electrons. The van der Waals surface area contributed by atoms with Gasteiger partial charge in [-0.1, -0.05) is 18.2 Å². The molecule has 0 unspecified atom stereocenters. The molecule has 0 spiro atoms. The van der Waals surface area contributed by atoms with Crippen molar-refractivity contribution in [3.8, 4) is 0 Å². The van der Waals surface area contributed by atoms with E-state index < -0.39 is 5.91 Å². The maximum atomic E-state index is 11.8. The molecule has 0 saturated carbocycles. The Bertz CT molecular complexity index is 482. The number of carbonyl (C=O) groups excluding carboxylic acids is 2. The Morgan fingerprint density at radius 1 is 1.40 bits per heavy atom. The van der Waals surface area contributed by atoms with Crippen molar-refractivity contribution < 1.29 is 9.59 Å². The Morgan fingerprint density at radius 3 is 2.50 bits per heavy atom. The molecule has 0 bridgehead atoms. The van der Waals surface area contributed by atoms with E-state index in [0.717, 1.165) is 5.56 Å². The van der Waals surface area contributed by atoms with Crippen molar-refractivity contribution in [1.29, 1.82) is 0 Å². The van der Waals surface area contributed by atoms with E-state index in [-0.39, 0.29) is 11.9 Å². The Labute approximate surface area is 119 Å². The van der Waals surface area contributed by atoms with Gasteiger partial charge in [0, 0.05) is 18.7 Å². The topological polar surface area (TPSA) is 75.4 Å². The van der Waals surface area contributed by atoms with Gasteiger partial charge in [0.25, 0.3) is 0 Å². The van der Waals surface area contributed by atoms with Gasteiger partial charge in [-0.15, -0.1) is 6.58 Å². The highest BCUT2D eigenvalue weighted by Gasteiger charge is 2.17. The van der Waals surface area contributed by atoms with Crippen molar-refractivity contribution in [3.63, 3.8) is 0 Å². The van der Waals surface area contributed by atoms with Gasteiger partial charge in [0.15, 0.2) is 0 Å². The first-order valence-corrected chi connectivity index (χ1v) is 6.43. The lowest BCUT2D eigenvalue weighted by Crippen LogP contribution is -2.42. The Balaban J connectivity index is 2.60. The van der Waals surface area contributed by atoms with Crippen LogP contribution >= 0.6 is 0 Å². The summed E-state index contributed by atoms with van der Waals surface area (Å²) in [6.45, 7) is 6.48. The number of carbonyl (C=O) groups is 2. The predicted octanol–water partition coefficient (Wildman–Crippen LogP) is 0.908. The van der Waals surface area contributed by atoms with Crippen LogP contribution in [0.4, 0.5) is 0 Å². The molecule has 108 valence electrons. The van der Waals surface area contributed by atoms with Crippen LogP contribution in [-0.2, 0) is 11.3 Å². The minimum Gasteiger partial charge on any atom is -0.366 e. The zero-order valence-electron chi connectivity index (χ0n) is 11.9. The maximum absolute atomic E-state index is 11.8. The third-order valence-electron chi connectivity index (χ3n) is 3.13. The van der Waals surface area contributed by atoms with Gasteiger partial charge in [0.05, 0.1) is 6.04 Å². The minimum absolute atomic E-state index is 0.0406. The van der Waals surface area contributed by atoms with Crippen molar-refractivity contribution in [1.82, 2.24) is 10.2 Å². The molecule has 20 heavy (non-hydrogen) atoms. The quantitative estimate of drug-likeness (QED) is 0.726. The molecular formula is C15H21N3O2. The molecule has 0 aliphatic heterocycles. The van der Waals surface area contributed by atoms with E-state index in [0.29, 0.717) is 18.7 Å². The standard InChI is InChI=1S/C15H21N3O2/c1-4-9-17-15(20)11(2)18(3)10-12-5-7-13(8-6-12)14(16)19/h4-8,11H,1,9-10H2,2-3H3,(H2,16,19)(H,17,20)/t11-/m0/s1. The van der Waals surface area contributed by atoms with Gasteiger partial charge in [-0.25, -0.2) is 0 Å². The fraction of sp³-hybridized carbons (Fsp3) is 0.333. The number of benzene rings is 1. The van der Waals surface area contributed by atoms with E-state index in [1.54, 1.807) is 18.2 Å². The van der Waals surface area contributed by atoms with E-state index in [2.05, 4.69) is 11.9 Å². The number of nitrogens with one attached hydrogen (secondary N) is 1. The fourth-order valence-corrected chi connectivity index (χ4v) is 1.72. The molecule has 2 amide bonds. The summed E-state index contributed by atoms with van der Waals surface area (Å²) < 4.78 is 0. The van der Waals surface area contributed by atoms with E-state index in [4.69, 9.17) is 5.73 Å². The number of hydrogen-bond donors (Lipinski definition) is 2. The molecule has 1 aromatic carbocycles. The van der Waals surface area contributed by atoms with Crippen molar-refractivity contribution in [2.75, 3.05) is 13.6 Å². The van der Waals surface area contributed by atoms with Crippen LogP contribution in [-0.4, -0.2) is 36.3 Å². The SMILES string of the molecule is C=CCNC(=O)[C@H](C)N(C)Cc1ccc(C(N)=O)cc1. The average Bonchev–Trinajstić information content (AvgIpc) is 2.44. The summed E-state index contributed by atoms with van der Waals surface area (Å²) in [7, 11) is 1.88. The van der Waals surface area contributed by atoms with Crippen LogP contribution in [0.5, 0.6) is 0 Å². The molecule has 0 aromatic heterocycles. The first kappa shape index (κ1) is 15.9. The van der Waals surface area contributed by atoms with Gasteiger partial charge in [-0.3, -0.25) is 14.5 Å². The lowest BCUT2D eigenvalue weighted by atomic mass is 10.1. The molecular weight excluding hydrogens is 254 g/mol. The average molecular weight is 275 g/mol. The number of nitrogens with two attached hydrogens (primary N) is 1. The van der Waals surface area contributed by atoms with E-state index in [1.165, 1.54) is 0 Å². The molecule has 0 aliphatic rings. The van der Waals surface area contributed by atoms with Crippen LogP contribution in [0.25, 0.3) is 0 Å². The molecule has 0 heterocycles. The van der Waals surface area contributed by atoms with Crippen molar-refractivity contribution in [3.05, 3.63) is 48.0 Å². The second-order valence-electron chi connectivity index (χ2n) is 4.69. The molecule has 5 heteroatoms. The zero-order valence-corrected chi connectivity index (χ0v) is 11.9. The van der Waals surface area contributed by atoms with E-state index in [1.807, 2.05) is 31.0 Å². The Kier molecular flexibility index (Phi) is 5.93. The maximum Gasteiger partial charge on any atom is 0.248 e. The van der Waals surface area contributed by atoms with Crippen LogP contribution < -0.4 is 11.1 Å². The monoisotopic (exact) mass is 275 g/mol. The minimum atomic E-state index is -0.443. The summed E-state index contributed by atoms with van der Waals surface area (Å²) >= 11 is 0. The predicted molar refractivity (Wildman–Crippen MR) is 79.1 cm³/mol. The van der Waals surface area contributed by atoms with Crippen molar-refractivity contribution in [2.24, 2.45) is 5.73 Å². The van der Waals surface area contributed by atoms with Crippen LogP contribution in [0, 0.1) is 0 Å². The van der Waals surface area contributed by atoms with Gasteiger partial charge in [-0.2, -0.15) is 0 Å². The first-order valence-electron chi connectivity index (χ1n) is 6.43. The summed E-state index contributed by atoms with van der Waals surface area (Å²) in [5, 5.41) is 2.76. The number of rotatable bonds is 7. The Hall–Kier alpha value is -2.14. The summed E-state index contributed by atoms with van der Waals surface area (Å²) in [6, 6.07) is 6.81. The van der Waals surface area contributed by atoms with Crippen LogP contribution in [0.15, 0.2) is 36.9 Å². The first-order chi connectivity index (χ1) is 9.45. The molecule has 1 aromatic rings. The molecule has 3 N–H and O–H groups in total. The van der Waals surface area contributed by atoms with Crippen LogP contribution in [0.3, 0.4) is 0 Å². The molecule has 0 fully saturated rings. The molecule has 1 atom stereocenters. The van der Waals surface area contributed by atoms with Gasteiger partial charge < -0.3 is 11.1 Å². The molecule has 1 rings (SSSR count). The molecule has 0 aliphatic carbocycles. The number of likely N-dealkylation sites (N-methyl/N-ethyl adjacent to an activating group) is 1. The van der Waals surface area contributed by atoms with E-state index in [9.17, 15) is 9.59 Å². The van der Waals surface area contributed by atoms with Gasteiger partial charge in [-0.05, 0) is 31.7 Å². The third-order valence-corrected chi connectivity index (χ3v) is 3.13. The highest BCUT2D eigenvalue weighted by atomic mass is 16.2. The number of primary amides is 1. The number of amides is 2. The fourth-order valence-electron chi connectivity index (χ4n) is 1.72. The highest BCUT2D eigenvalue weighted by Crippen LogP contribution is 2.08. The second-order valence-corrected chi connectivity index (χ2v) is 4.69. The highest BCUT2D eigenvalue weighted by molar-refractivity contribution is 5.92. The van der Waals surface area contributed by atoms with Gasteiger partial charge in [0.1, 0.15) is 0 Å². The van der Waals surface area contributed by atoms with Crippen molar-refractivity contribution >= 4 is 11.8 Å². The summed E-state index contributed by atoms with van der Waals surface area (Å²) in [4.78, 5) is 24.7. The number of hydrogen-bond acceptors (Lipinski definition) is 3. The lowest BCUT2D eigenvalue weighted by Gasteiger charge is -2.23. The summed E-state index contributed by atoms with van der Waals surface area (Å²) in [5.41, 5.74) is 6.68. The van der Waals surface area contributed by atoms with E-state index >= 15 is 0 Å². The molecule has 0 saturated heterocycles. The van der Waals surface area contributed by atoms with Crippen molar-refractivity contribution in [2.45, 2.75) is 19.5 Å². The van der Waals surface area contributed by atoms with Crippen LogP contribution in [0.2, 0.25) is 0 Å². The number of nitrogens with zero attached hydrogens (tertiary/aromatic N) is 1. The summed E-state index contributed by atoms with van der Waals surface area (Å²) in [5.74, 6) is -0.483. The van der Waals surface area contributed by atoms with Gasteiger partial charge in [0.2, 0.25) is 11.8 Å². The lowest BCUT2D eigenvalue weighted by molar-refractivity contribution is -0.125. The molecule has 5 nitrogen and oxygen atoms in total.